The highest BCUT2D eigenvalue weighted by Crippen LogP contribution is 2.20. The van der Waals surface area contributed by atoms with E-state index < -0.39 is 9.84 Å². The molecule has 0 aliphatic carbocycles. The van der Waals surface area contributed by atoms with Crippen molar-refractivity contribution in [2.24, 2.45) is 0 Å². The van der Waals surface area contributed by atoms with Crippen LogP contribution in [0, 0.1) is 0 Å². The molecule has 138 valence electrons. The van der Waals surface area contributed by atoms with Gasteiger partial charge in [-0.05, 0) is 37.6 Å². The van der Waals surface area contributed by atoms with Gasteiger partial charge in [-0.3, -0.25) is 14.6 Å². The quantitative estimate of drug-likeness (QED) is 0.786. The Morgan fingerprint density at radius 2 is 1.84 bits per heavy atom. The number of hydrogen-bond acceptors (Lipinski definition) is 5. The molecule has 1 aromatic rings. The number of rotatable bonds is 4. The molecule has 3 rings (SSSR count). The molecule has 8 heteroatoms. The predicted molar refractivity (Wildman–Crippen MR) is 102 cm³/mol. The van der Waals surface area contributed by atoms with Crippen LogP contribution in [0.5, 0.6) is 0 Å². The van der Waals surface area contributed by atoms with Crippen molar-refractivity contribution in [3.63, 3.8) is 0 Å². The molecule has 0 bridgehead atoms. The molecule has 1 aromatic carbocycles. The van der Waals surface area contributed by atoms with Gasteiger partial charge in [-0.25, -0.2) is 8.42 Å². The van der Waals surface area contributed by atoms with Gasteiger partial charge in [0, 0.05) is 42.4 Å². The summed E-state index contributed by atoms with van der Waals surface area (Å²) < 4.78 is 24.3. The Morgan fingerprint density at radius 1 is 1.20 bits per heavy atom. The number of piperazine rings is 1. The zero-order chi connectivity index (χ0) is 18.0. The summed E-state index contributed by atoms with van der Waals surface area (Å²) in [6, 6.07) is 7.47. The number of amides is 1. The molecule has 2 aliphatic rings. The smallest absolute Gasteiger partial charge is 0.241 e. The molecule has 1 N–H and O–H groups in total. The fraction of sp³-hybridized carbons (Fsp3) is 0.588. The van der Waals surface area contributed by atoms with E-state index in [1.54, 1.807) is 0 Å². The Bertz CT molecular complexity index is 715. The summed E-state index contributed by atoms with van der Waals surface area (Å²) in [4.78, 5) is 16.9. The number of halogens is 1. The van der Waals surface area contributed by atoms with Gasteiger partial charge in [0.1, 0.15) is 0 Å². The summed E-state index contributed by atoms with van der Waals surface area (Å²) in [5.74, 6) is 0.579. The van der Waals surface area contributed by atoms with Gasteiger partial charge in [-0.15, -0.1) is 0 Å². The number of nitrogens with zero attached hydrogens (tertiary/aromatic N) is 2. The van der Waals surface area contributed by atoms with Crippen LogP contribution >= 0.6 is 15.9 Å². The van der Waals surface area contributed by atoms with Gasteiger partial charge in [-0.2, -0.15) is 0 Å². The first kappa shape index (κ1) is 18.8. The second-order valence-electron chi connectivity index (χ2n) is 6.80. The van der Waals surface area contributed by atoms with E-state index in [9.17, 15) is 13.2 Å². The highest BCUT2D eigenvalue weighted by molar-refractivity contribution is 9.10. The van der Waals surface area contributed by atoms with E-state index in [0.29, 0.717) is 5.75 Å². The third-order valence-corrected chi connectivity index (χ3v) is 7.39. The van der Waals surface area contributed by atoms with Crippen LogP contribution in [-0.4, -0.2) is 73.9 Å². The number of benzene rings is 1. The lowest BCUT2D eigenvalue weighted by Crippen LogP contribution is -2.55. The Labute approximate surface area is 157 Å². The van der Waals surface area contributed by atoms with Crippen LogP contribution < -0.4 is 5.32 Å². The van der Waals surface area contributed by atoms with Gasteiger partial charge in [0.25, 0.3) is 0 Å². The van der Waals surface area contributed by atoms with Crippen LogP contribution in [0.25, 0.3) is 0 Å². The van der Waals surface area contributed by atoms with Crippen molar-refractivity contribution < 1.29 is 13.2 Å². The molecule has 2 aliphatic heterocycles. The first-order chi connectivity index (χ1) is 11.8. The lowest BCUT2D eigenvalue weighted by molar-refractivity contribution is -0.121. The molecule has 0 aromatic heterocycles. The minimum absolute atomic E-state index is 0.0146. The van der Waals surface area contributed by atoms with Crippen molar-refractivity contribution in [3.05, 3.63) is 28.7 Å². The van der Waals surface area contributed by atoms with Gasteiger partial charge in [-0.1, -0.05) is 15.9 Å². The maximum absolute atomic E-state index is 12.5. The molecule has 2 unspecified atom stereocenters. The van der Waals surface area contributed by atoms with Crippen molar-refractivity contribution in [1.29, 1.82) is 0 Å². The molecule has 2 fully saturated rings. The normalized spacial score (nSPS) is 25.6. The Balaban J connectivity index is 1.50. The van der Waals surface area contributed by atoms with E-state index in [2.05, 4.69) is 31.0 Å². The van der Waals surface area contributed by atoms with Crippen molar-refractivity contribution in [1.82, 2.24) is 9.80 Å². The molecule has 0 saturated carbocycles. The molecule has 1 amide bonds. The van der Waals surface area contributed by atoms with Crippen molar-refractivity contribution >= 4 is 37.4 Å². The summed E-state index contributed by atoms with van der Waals surface area (Å²) >= 11 is 3.38. The van der Waals surface area contributed by atoms with E-state index in [0.717, 1.165) is 42.8 Å². The lowest BCUT2D eigenvalue weighted by atomic mass is 10.1. The topological polar surface area (TPSA) is 69.7 Å². The lowest BCUT2D eigenvalue weighted by Gasteiger charge is -2.39. The Kier molecular flexibility index (Phi) is 5.82. The number of carbonyl (C=O) groups is 1. The summed E-state index contributed by atoms with van der Waals surface area (Å²) in [6.07, 6.45) is 0.738. The average molecular weight is 430 g/mol. The number of anilines is 1. The van der Waals surface area contributed by atoms with Gasteiger partial charge in [0.15, 0.2) is 9.84 Å². The van der Waals surface area contributed by atoms with Crippen LogP contribution in [0.3, 0.4) is 0 Å². The van der Waals surface area contributed by atoms with Gasteiger partial charge >= 0.3 is 0 Å². The molecule has 6 nitrogen and oxygen atoms in total. The molecule has 25 heavy (non-hydrogen) atoms. The van der Waals surface area contributed by atoms with Crippen LogP contribution in [0.2, 0.25) is 0 Å². The van der Waals surface area contributed by atoms with Crippen molar-refractivity contribution in [2.45, 2.75) is 25.4 Å². The number of nitrogens with one attached hydrogen (secondary N) is 1. The highest BCUT2D eigenvalue weighted by atomic mass is 79.9. The number of carbonyl (C=O) groups excluding carboxylic acids is 1. The average Bonchev–Trinajstić information content (AvgIpc) is 2.96. The van der Waals surface area contributed by atoms with Gasteiger partial charge in [0.05, 0.1) is 17.5 Å². The maximum Gasteiger partial charge on any atom is 0.241 e. The summed E-state index contributed by atoms with van der Waals surface area (Å²) in [5, 5.41) is 2.95. The van der Waals surface area contributed by atoms with Crippen LogP contribution in [0.4, 0.5) is 5.69 Å². The fourth-order valence-corrected chi connectivity index (χ4v) is 5.52. The number of sulfone groups is 1. The minimum Gasteiger partial charge on any atom is -0.325 e. The first-order valence-corrected chi connectivity index (χ1v) is 11.2. The molecule has 2 saturated heterocycles. The van der Waals surface area contributed by atoms with E-state index in [1.807, 2.05) is 31.2 Å². The molecule has 0 spiro atoms. The largest absolute Gasteiger partial charge is 0.325 e. The van der Waals surface area contributed by atoms with Crippen LogP contribution in [0.15, 0.2) is 28.7 Å². The fourth-order valence-electron chi connectivity index (χ4n) is 3.50. The van der Waals surface area contributed by atoms with E-state index in [1.165, 1.54) is 0 Å². The third kappa shape index (κ3) is 4.81. The monoisotopic (exact) mass is 429 g/mol. The maximum atomic E-state index is 12.5. The van der Waals surface area contributed by atoms with Crippen molar-refractivity contribution in [2.75, 3.05) is 43.0 Å². The minimum atomic E-state index is -2.85. The third-order valence-electron chi connectivity index (χ3n) is 5.11. The Morgan fingerprint density at radius 3 is 2.40 bits per heavy atom. The second kappa shape index (κ2) is 7.73. The molecule has 2 heterocycles. The van der Waals surface area contributed by atoms with Gasteiger partial charge < -0.3 is 5.32 Å². The predicted octanol–water partition coefficient (Wildman–Crippen LogP) is 1.58. The van der Waals surface area contributed by atoms with Crippen molar-refractivity contribution in [3.8, 4) is 0 Å². The van der Waals surface area contributed by atoms with E-state index in [-0.39, 0.29) is 23.7 Å². The van der Waals surface area contributed by atoms with E-state index in [4.69, 9.17) is 0 Å². The summed E-state index contributed by atoms with van der Waals surface area (Å²) in [7, 11) is -2.85. The summed E-state index contributed by atoms with van der Waals surface area (Å²) in [6.45, 7) is 5.12. The van der Waals surface area contributed by atoms with E-state index >= 15 is 0 Å². The summed E-state index contributed by atoms with van der Waals surface area (Å²) in [5.41, 5.74) is 0.787. The molecule has 2 atom stereocenters. The highest BCUT2D eigenvalue weighted by Gasteiger charge is 2.35. The molecule has 0 radical (unpaired) electrons. The number of hydrogen-bond donors (Lipinski definition) is 1. The first-order valence-electron chi connectivity index (χ1n) is 8.59. The van der Waals surface area contributed by atoms with Gasteiger partial charge in [0.2, 0.25) is 5.91 Å². The molecular weight excluding hydrogens is 406 g/mol. The standard InChI is InChI=1S/C17H24BrN3O3S/c1-13(17(22)19-15-4-2-14(18)3-5-15)20-7-9-21(10-8-20)16-6-11-25(23,24)12-16/h2-5,13,16H,6-12H2,1H3,(H,19,22). The SMILES string of the molecule is CC(C(=O)Nc1ccc(Br)cc1)N1CCN(C2CCS(=O)(=O)C2)CC1. The Hall–Kier alpha value is -0.960. The second-order valence-corrected chi connectivity index (χ2v) is 9.95. The van der Waals surface area contributed by atoms with Crippen LogP contribution in [-0.2, 0) is 14.6 Å². The zero-order valence-electron chi connectivity index (χ0n) is 14.3. The zero-order valence-corrected chi connectivity index (χ0v) is 16.7. The molecular formula is C17H24BrN3O3S. The van der Waals surface area contributed by atoms with Crippen LogP contribution in [0.1, 0.15) is 13.3 Å².